The summed E-state index contributed by atoms with van der Waals surface area (Å²) in [5.74, 6) is 1.67. The molecule has 1 aliphatic rings. The Hall–Kier alpha value is -2.89. The maximum absolute atomic E-state index is 6.24. The quantitative estimate of drug-likeness (QED) is 0.698. The van der Waals surface area contributed by atoms with Crippen molar-refractivity contribution in [1.82, 2.24) is 15.0 Å². The molecule has 1 fully saturated rings. The average molecular weight is 349 g/mol. The average Bonchev–Trinajstić information content (AvgIpc) is 2.65. The zero-order chi connectivity index (χ0) is 17.9. The summed E-state index contributed by atoms with van der Waals surface area (Å²) < 4.78 is 6.24. The number of rotatable bonds is 4. The lowest BCUT2D eigenvalue weighted by Crippen LogP contribution is -2.31. The van der Waals surface area contributed by atoms with Crippen LogP contribution >= 0.6 is 0 Å². The number of nitrogen functional groups attached to an aromatic ring is 1. The Morgan fingerprint density at radius 1 is 1.04 bits per heavy atom. The Kier molecular flexibility index (Phi) is 4.56. The molecule has 0 amide bonds. The van der Waals surface area contributed by atoms with E-state index in [1.165, 1.54) is 5.56 Å². The fourth-order valence-electron chi connectivity index (χ4n) is 3.42. The molecule has 1 aliphatic carbocycles. The minimum Gasteiger partial charge on any atom is -0.488 e. The Labute approximate surface area is 152 Å². The van der Waals surface area contributed by atoms with Crippen LogP contribution in [0.25, 0.3) is 11.0 Å². The lowest BCUT2D eigenvalue weighted by molar-refractivity contribution is 0.152. The van der Waals surface area contributed by atoms with Gasteiger partial charge in [0.1, 0.15) is 17.1 Å². The van der Waals surface area contributed by atoms with Gasteiger partial charge in [-0.3, -0.25) is 4.98 Å². The summed E-state index contributed by atoms with van der Waals surface area (Å²) in [6, 6.07) is 8.22. The highest BCUT2D eigenvalue weighted by atomic mass is 16.5. The van der Waals surface area contributed by atoms with Crippen LogP contribution in [0.2, 0.25) is 0 Å². The van der Waals surface area contributed by atoms with Crippen molar-refractivity contribution in [3.05, 3.63) is 48.4 Å². The van der Waals surface area contributed by atoms with Crippen molar-refractivity contribution in [1.29, 1.82) is 0 Å². The van der Waals surface area contributed by atoms with E-state index in [-0.39, 0.29) is 6.10 Å². The molecule has 0 unspecified atom stereocenters. The second-order valence-corrected chi connectivity index (χ2v) is 6.90. The maximum Gasteiger partial charge on any atom is 0.149 e. The van der Waals surface area contributed by atoms with Crippen LogP contribution in [-0.4, -0.2) is 27.1 Å². The molecular formula is C20H23N5O. The molecule has 2 aromatic heterocycles. The molecular weight excluding hydrogens is 326 g/mol. The predicted molar refractivity (Wildman–Crippen MR) is 103 cm³/mol. The summed E-state index contributed by atoms with van der Waals surface area (Å²) in [6.45, 7) is 2.05. The van der Waals surface area contributed by atoms with Crippen LogP contribution in [0.3, 0.4) is 0 Å². The third-order valence-electron chi connectivity index (χ3n) is 4.79. The number of ether oxygens (including phenoxy) is 1. The van der Waals surface area contributed by atoms with Crippen molar-refractivity contribution >= 4 is 22.5 Å². The molecule has 0 aliphatic heterocycles. The lowest BCUT2D eigenvalue weighted by atomic mass is 9.93. The van der Waals surface area contributed by atoms with Gasteiger partial charge in [0.15, 0.2) is 0 Å². The first-order chi connectivity index (χ1) is 12.7. The number of benzene rings is 1. The van der Waals surface area contributed by atoms with Crippen LogP contribution in [0.5, 0.6) is 5.75 Å². The molecule has 2 heterocycles. The molecule has 0 bridgehead atoms. The molecule has 6 heteroatoms. The molecule has 1 saturated carbocycles. The van der Waals surface area contributed by atoms with Gasteiger partial charge < -0.3 is 15.8 Å². The first-order valence-electron chi connectivity index (χ1n) is 9.03. The molecule has 26 heavy (non-hydrogen) atoms. The van der Waals surface area contributed by atoms with Gasteiger partial charge in [0.25, 0.3) is 0 Å². The highest BCUT2D eigenvalue weighted by Gasteiger charge is 2.23. The molecule has 0 saturated heterocycles. The van der Waals surface area contributed by atoms with Gasteiger partial charge in [0, 0.05) is 36.4 Å². The van der Waals surface area contributed by atoms with Gasteiger partial charge in [-0.05, 0) is 50.3 Å². The van der Waals surface area contributed by atoms with E-state index in [1.807, 2.05) is 31.3 Å². The van der Waals surface area contributed by atoms with Gasteiger partial charge in [-0.2, -0.15) is 0 Å². The van der Waals surface area contributed by atoms with Crippen molar-refractivity contribution < 1.29 is 4.74 Å². The molecule has 3 N–H and O–H groups in total. The Balaban J connectivity index is 1.39. The number of aryl methyl sites for hydroxylation is 1. The molecule has 0 spiro atoms. The molecule has 1 aromatic carbocycles. The topological polar surface area (TPSA) is 86.0 Å². The van der Waals surface area contributed by atoms with Crippen LogP contribution in [0, 0.1) is 6.92 Å². The third kappa shape index (κ3) is 3.69. The van der Waals surface area contributed by atoms with Gasteiger partial charge in [-0.1, -0.05) is 6.07 Å². The Bertz CT molecular complexity index is 888. The van der Waals surface area contributed by atoms with E-state index >= 15 is 0 Å². The van der Waals surface area contributed by atoms with Crippen LogP contribution in [-0.2, 0) is 0 Å². The van der Waals surface area contributed by atoms with Crippen molar-refractivity contribution in [2.45, 2.75) is 44.8 Å². The summed E-state index contributed by atoms with van der Waals surface area (Å²) in [5.41, 5.74) is 9.34. The van der Waals surface area contributed by atoms with Crippen LogP contribution in [0.15, 0.2) is 42.9 Å². The maximum atomic E-state index is 6.24. The monoisotopic (exact) mass is 349 g/mol. The number of fused-ring (bicyclic) bond motifs is 1. The van der Waals surface area contributed by atoms with Crippen molar-refractivity contribution in [3.8, 4) is 5.75 Å². The fraction of sp³-hybridized carbons (Fsp3) is 0.350. The van der Waals surface area contributed by atoms with Crippen LogP contribution in [0.1, 0.15) is 31.2 Å². The smallest absolute Gasteiger partial charge is 0.149 e. The van der Waals surface area contributed by atoms with E-state index in [0.29, 0.717) is 11.7 Å². The van der Waals surface area contributed by atoms with Gasteiger partial charge in [0.05, 0.1) is 11.6 Å². The molecule has 134 valence electrons. The molecule has 0 atom stereocenters. The second-order valence-electron chi connectivity index (χ2n) is 6.90. The Morgan fingerprint density at radius 2 is 1.85 bits per heavy atom. The summed E-state index contributed by atoms with van der Waals surface area (Å²) in [5, 5.41) is 3.52. The molecule has 0 radical (unpaired) electrons. The number of hydrogen-bond donors (Lipinski definition) is 2. The van der Waals surface area contributed by atoms with Gasteiger partial charge in [-0.15, -0.1) is 0 Å². The SMILES string of the molecule is Cc1ccc(NC2CCC(Oc3cc(N)cc4nccnc34)CC2)nc1. The number of nitrogens with zero attached hydrogens (tertiary/aromatic N) is 3. The van der Waals surface area contributed by atoms with E-state index < -0.39 is 0 Å². The largest absolute Gasteiger partial charge is 0.488 e. The minimum atomic E-state index is 0.172. The lowest BCUT2D eigenvalue weighted by Gasteiger charge is -2.30. The standard InChI is InChI=1S/C20H23N5O/c1-13-2-7-19(24-12-13)25-15-3-5-16(6-4-15)26-18-11-14(21)10-17-20(18)23-9-8-22-17/h2,7-12,15-16H,3-6,21H2,1H3,(H,24,25). The third-order valence-corrected chi connectivity index (χ3v) is 4.79. The van der Waals surface area contributed by atoms with Gasteiger partial charge >= 0.3 is 0 Å². The molecule has 3 aromatic rings. The van der Waals surface area contributed by atoms with E-state index in [1.54, 1.807) is 12.4 Å². The minimum absolute atomic E-state index is 0.172. The second kappa shape index (κ2) is 7.15. The molecule has 4 rings (SSSR count). The van der Waals surface area contributed by atoms with Crippen LogP contribution < -0.4 is 15.8 Å². The number of pyridine rings is 1. The predicted octanol–water partition coefficient (Wildman–Crippen LogP) is 3.72. The first kappa shape index (κ1) is 16.6. The van der Waals surface area contributed by atoms with E-state index in [0.717, 1.165) is 48.3 Å². The summed E-state index contributed by atoms with van der Waals surface area (Å²) in [6.07, 6.45) is 9.48. The number of nitrogens with two attached hydrogens (primary N) is 1. The zero-order valence-corrected chi connectivity index (χ0v) is 14.9. The van der Waals surface area contributed by atoms with Crippen molar-refractivity contribution in [2.24, 2.45) is 0 Å². The fourth-order valence-corrected chi connectivity index (χ4v) is 3.42. The Morgan fingerprint density at radius 3 is 2.62 bits per heavy atom. The number of hydrogen-bond acceptors (Lipinski definition) is 6. The first-order valence-corrected chi connectivity index (χ1v) is 9.03. The number of aromatic nitrogens is 3. The van der Waals surface area contributed by atoms with E-state index in [4.69, 9.17) is 10.5 Å². The summed E-state index contributed by atoms with van der Waals surface area (Å²) >= 11 is 0. The van der Waals surface area contributed by atoms with Crippen LogP contribution in [0.4, 0.5) is 11.5 Å². The van der Waals surface area contributed by atoms with E-state index in [9.17, 15) is 0 Å². The summed E-state index contributed by atoms with van der Waals surface area (Å²) in [7, 11) is 0. The van der Waals surface area contributed by atoms with Crippen molar-refractivity contribution in [3.63, 3.8) is 0 Å². The molecule has 6 nitrogen and oxygen atoms in total. The zero-order valence-electron chi connectivity index (χ0n) is 14.9. The summed E-state index contributed by atoms with van der Waals surface area (Å²) in [4.78, 5) is 13.2. The van der Waals surface area contributed by atoms with Gasteiger partial charge in [-0.25, -0.2) is 9.97 Å². The number of nitrogens with one attached hydrogen (secondary N) is 1. The highest BCUT2D eigenvalue weighted by Crippen LogP contribution is 2.30. The number of anilines is 2. The van der Waals surface area contributed by atoms with Gasteiger partial charge in [0.2, 0.25) is 0 Å². The van der Waals surface area contributed by atoms with E-state index in [2.05, 4.69) is 26.3 Å². The van der Waals surface area contributed by atoms with Crippen molar-refractivity contribution in [2.75, 3.05) is 11.1 Å². The highest BCUT2D eigenvalue weighted by molar-refractivity contribution is 5.84. The normalized spacial score (nSPS) is 20.0.